The zero-order valence-electron chi connectivity index (χ0n) is 8.21. The van der Waals surface area contributed by atoms with Crippen LogP contribution >= 0.6 is 0 Å². The van der Waals surface area contributed by atoms with Gasteiger partial charge in [-0.2, -0.15) is 0 Å². The first-order valence-corrected chi connectivity index (χ1v) is 4.63. The molecular weight excluding hydrogens is 196 g/mol. The maximum absolute atomic E-state index is 10.4. The van der Waals surface area contributed by atoms with Crippen LogP contribution < -0.4 is 0 Å². The molecule has 1 aliphatic heterocycles. The molecule has 0 aliphatic carbocycles. The SMILES string of the molecule is C[C@H]1CN=C(c2ccc([N+](=O)[O-])cc2)O1. The molecule has 0 aromatic heterocycles. The molecule has 0 fully saturated rings. The van der Waals surface area contributed by atoms with Crippen LogP contribution in [-0.4, -0.2) is 23.5 Å². The van der Waals surface area contributed by atoms with Gasteiger partial charge in [0.05, 0.1) is 11.5 Å². The highest BCUT2D eigenvalue weighted by Gasteiger charge is 2.17. The van der Waals surface area contributed by atoms with Gasteiger partial charge in [-0.25, -0.2) is 4.99 Å². The minimum atomic E-state index is -0.427. The summed E-state index contributed by atoms with van der Waals surface area (Å²) in [5.74, 6) is 0.567. The monoisotopic (exact) mass is 206 g/mol. The van der Waals surface area contributed by atoms with Gasteiger partial charge in [0.25, 0.3) is 5.69 Å². The predicted molar refractivity (Wildman–Crippen MR) is 55.0 cm³/mol. The number of hydrogen-bond acceptors (Lipinski definition) is 4. The highest BCUT2D eigenvalue weighted by molar-refractivity contribution is 5.95. The van der Waals surface area contributed by atoms with E-state index in [1.807, 2.05) is 6.92 Å². The van der Waals surface area contributed by atoms with Gasteiger partial charge in [0, 0.05) is 17.7 Å². The third kappa shape index (κ3) is 1.96. The summed E-state index contributed by atoms with van der Waals surface area (Å²) in [4.78, 5) is 14.2. The van der Waals surface area contributed by atoms with Crippen molar-refractivity contribution in [2.75, 3.05) is 6.54 Å². The molecule has 5 nitrogen and oxygen atoms in total. The van der Waals surface area contributed by atoms with Gasteiger partial charge in [-0.1, -0.05) is 0 Å². The Labute approximate surface area is 86.5 Å². The minimum absolute atomic E-state index is 0.0744. The van der Waals surface area contributed by atoms with Crippen molar-refractivity contribution in [1.29, 1.82) is 0 Å². The van der Waals surface area contributed by atoms with E-state index in [4.69, 9.17) is 4.74 Å². The molecule has 5 heteroatoms. The molecule has 0 bridgehead atoms. The highest BCUT2D eigenvalue weighted by atomic mass is 16.6. The van der Waals surface area contributed by atoms with Crippen LogP contribution in [0.1, 0.15) is 12.5 Å². The summed E-state index contributed by atoms with van der Waals surface area (Å²) in [5.41, 5.74) is 0.857. The van der Waals surface area contributed by atoms with Crippen molar-refractivity contribution in [3.8, 4) is 0 Å². The van der Waals surface area contributed by atoms with Crippen LogP contribution in [0.5, 0.6) is 0 Å². The second-order valence-corrected chi connectivity index (χ2v) is 3.38. The Morgan fingerprint density at radius 2 is 2.13 bits per heavy atom. The normalized spacial score (nSPS) is 19.5. The van der Waals surface area contributed by atoms with Crippen LogP contribution in [0.15, 0.2) is 29.3 Å². The fraction of sp³-hybridized carbons (Fsp3) is 0.300. The number of nitrogens with zero attached hydrogens (tertiary/aromatic N) is 2. The highest BCUT2D eigenvalue weighted by Crippen LogP contribution is 2.16. The van der Waals surface area contributed by atoms with Gasteiger partial charge < -0.3 is 4.74 Å². The van der Waals surface area contributed by atoms with E-state index in [0.29, 0.717) is 12.4 Å². The van der Waals surface area contributed by atoms with E-state index in [-0.39, 0.29) is 11.8 Å². The van der Waals surface area contributed by atoms with E-state index >= 15 is 0 Å². The number of rotatable bonds is 2. The molecule has 0 saturated heterocycles. The third-order valence-corrected chi connectivity index (χ3v) is 2.13. The lowest BCUT2D eigenvalue weighted by molar-refractivity contribution is -0.384. The van der Waals surface area contributed by atoms with E-state index in [2.05, 4.69) is 4.99 Å². The van der Waals surface area contributed by atoms with Crippen LogP contribution in [0, 0.1) is 10.1 Å². The van der Waals surface area contributed by atoms with Crippen LogP contribution in [0.2, 0.25) is 0 Å². The number of nitro groups is 1. The van der Waals surface area contributed by atoms with Gasteiger partial charge in [0.2, 0.25) is 5.90 Å². The molecule has 0 N–H and O–H groups in total. The maximum Gasteiger partial charge on any atom is 0.269 e. The quantitative estimate of drug-likeness (QED) is 0.547. The first-order chi connectivity index (χ1) is 7.16. The van der Waals surface area contributed by atoms with Gasteiger partial charge in [-0.05, 0) is 19.1 Å². The number of ether oxygens (including phenoxy) is 1. The lowest BCUT2D eigenvalue weighted by atomic mass is 10.2. The first kappa shape index (κ1) is 9.64. The Morgan fingerprint density at radius 1 is 1.47 bits per heavy atom. The third-order valence-electron chi connectivity index (χ3n) is 2.13. The summed E-state index contributed by atoms with van der Waals surface area (Å²) >= 11 is 0. The fourth-order valence-corrected chi connectivity index (χ4v) is 1.36. The fourth-order valence-electron chi connectivity index (χ4n) is 1.36. The van der Waals surface area contributed by atoms with Crippen molar-refractivity contribution in [3.63, 3.8) is 0 Å². The molecule has 1 aromatic carbocycles. The summed E-state index contributed by atoms with van der Waals surface area (Å²) in [6.07, 6.45) is 0.0928. The molecule has 1 atom stereocenters. The van der Waals surface area contributed by atoms with Crippen molar-refractivity contribution in [2.45, 2.75) is 13.0 Å². The molecule has 2 rings (SSSR count). The molecule has 15 heavy (non-hydrogen) atoms. The average Bonchev–Trinajstić information content (AvgIpc) is 2.65. The summed E-state index contributed by atoms with van der Waals surface area (Å²) < 4.78 is 5.43. The zero-order chi connectivity index (χ0) is 10.8. The lowest BCUT2D eigenvalue weighted by Crippen LogP contribution is -2.08. The van der Waals surface area contributed by atoms with Crippen LogP contribution in [-0.2, 0) is 4.74 Å². The van der Waals surface area contributed by atoms with Gasteiger partial charge in [0.1, 0.15) is 6.10 Å². The largest absolute Gasteiger partial charge is 0.472 e. The van der Waals surface area contributed by atoms with Crippen LogP contribution in [0.25, 0.3) is 0 Å². The molecule has 0 unspecified atom stereocenters. The van der Waals surface area contributed by atoms with Crippen molar-refractivity contribution in [3.05, 3.63) is 39.9 Å². The second kappa shape index (κ2) is 3.68. The summed E-state index contributed by atoms with van der Waals surface area (Å²) in [5, 5.41) is 10.4. The van der Waals surface area contributed by atoms with Gasteiger partial charge in [-0.3, -0.25) is 10.1 Å². The maximum atomic E-state index is 10.4. The Morgan fingerprint density at radius 3 is 2.60 bits per heavy atom. The van der Waals surface area contributed by atoms with Crippen molar-refractivity contribution in [1.82, 2.24) is 0 Å². The number of hydrogen-bond donors (Lipinski definition) is 0. The molecule has 1 aliphatic rings. The van der Waals surface area contributed by atoms with Gasteiger partial charge in [-0.15, -0.1) is 0 Å². The minimum Gasteiger partial charge on any atom is -0.472 e. The Hall–Kier alpha value is -1.91. The topological polar surface area (TPSA) is 64.7 Å². The Balaban J connectivity index is 2.21. The Bertz CT molecular complexity index is 411. The van der Waals surface area contributed by atoms with Gasteiger partial charge in [0.15, 0.2) is 0 Å². The molecule has 0 saturated carbocycles. The van der Waals surface area contributed by atoms with Crippen molar-refractivity contribution in [2.24, 2.45) is 4.99 Å². The Kier molecular flexibility index (Phi) is 2.37. The molecular formula is C10H10N2O3. The molecule has 0 spiro atoms. The smallest absolute Gasteiger partial charge is 0.269 e. The lowest BCUT2D eigenvalue weighted by Gasteiger charge is -2.04. The summed E-state index contributed by atoms with van der Waals surface area (Å²) in [6.45, 7) is 2.58. The zero-order valence-corrected chi connectivity index (χ0v) is 8.21. The predicted octanol–water partition coefficient (Wildman–Crippen LogP) is 1.76. The average molecular weight is 206 g/mol. The van der Waals surface area contributed by atoms with E-state index in [1.165, 1.54) is 12.1 Å². The summed E-state index contributed by atoms with van der Waals surface area (Å²) in [6, 6.07) is 6.19. The molecule has 0 amide bonds. The van der Waals surface area contributed by atoms with Crippen molar-refractivity contribution < 1.29 is 9.66 Å². The van der Waals surface area contributed by atoms with E-state index in [9.17, 15) is 10.1 Å². The van der Waals surface area contributed by atoms with E-state index < -0.39 is 4.92 Å². The number of benzene rings is 1. The number of aliphatic imine (C=N–C) groups is 1. The number of nitro benzene ring substituents is 1. The summed E-state index contributed by atoms with van der Waals surface area (Å²) in [7, 11) is 0. The van der Waals surface area contributed by atoms with Gasteiger partial charge >= 0.3 is 0 Å². The molecule has 0 radical (unpaired) electrons. The molecule has 1 heterocycles. The van der Waals surface area contributed by atoms with E-state index in [1.54, 1.807) is 12.1 Å². The number of non-ortho nitro benzene ring substituents is 1. The van der Waals surface area contributed by atoms with Crippen LogP contribution in [0.4, 0.5) is 5.69 Å². The first-order valence-electron chi connectivity index (χ1n) is 4.63. The molecule has 78 valence electrons. The molecule has 1 aromatic rings. The van der Waals surface area contributed by atoms with Crippen LogP contribution in [0.3, 0.4) is 0 Å². The van der Waals surface area contributed by atoms with Crippen molar-refractivity contribution >= 4 is 11.6 Å². The standard InChI is InChI=1S/C10H10N2O3/c1-7-6-11-10(15-7)8-2-4-9(5-3-8)12(13)14/h2-5,7H,6H2,1H3/t7-/m0/s1. The van der Waals surface area contributed by atoms with E-state index in [0.717, 1.165) is 5.56 Å². The second-order valence-electron chi connectivity index (χ2n) is 3.38.